The van der Waals surface area contributed by atoms with Gasteiger partial charge in [0.2, 0.25) is 0 Å². The molecule has 4 heteroatoms. The highest BCUT2D eigenvalue weighted by atomic mass is 35.5. The molecular weight excluding hydrogens is 272 g/mol. The van der Waals surface area contributed by atoms with Gasteiger partial charge in [-0.25, -0.2) is 4.39 Å². The Morgan fingerprint density at radius 1 is 1.00 bits per heavy atom. The van der Waals surface area contributed by atoms with Gasteiger partial charge >= 0.3 is 0 Å². The van der Waals surface area contributed by atoms with Gasteiger partial charge in [0, 0.05) is 5.56 Å². The van der Waals surface area contributed by atoms with Crippen LogP contribution in [0.25, 0.3) is 11.1 Å². The van der Waals surface area contributed by atoms with Gasteiger partial charge in [0.1, 0.15) is 5.82 Å². The number of nitriles is 1. The average Bonchev–Trinajstić information content (AvgIpc) is 2.35. The van der Waals surface area contributed by atoms with Crippen molar-refractivity contribution in [3.05, 3.63) is 57.8 Å². The van der Waals surface area contributed by atoms with Crippen molar-refractivity contribution in [3.8, 4) is 17.2 Å². The summed E-state index contributed by atoms with van der Waals surface area (Å²) in [7, 11) is 0. The standard InChI is InChI=1S/C14H8Cl2FN/c15-12-4-3-10(7-13(12)16)11-2-1-9(5-6-18)14(17)8-11/h1-4,7-8H,5H2. The van der Waals surface area contributed by atoms with Gasteiger partial charge in [-0.3, -0.25) is 0 Å². The SMILES string of the molecule is N#CCc1ccc(-c2ccc(Cl)c(Cl)c2)cc1F. The summed E-state index contributed by atoms with van der Waals surface area (Å²) in [6, 6.07) is 11.8. The molecule has 0 aliphatic carbocycles. The molecule has 0 amide bonds. The first-order chi connectivity index (χ1) is 8.61. The third-order valence-electron chi connectivity index (χ3n) is 2.58. The van der Waals surface area contributed by atoms with E-state index >= 15 is 0 Å². The van der Waals surface area contributed by atoms with Crippen molar-refractivity contribution in [2.24, 2.45) is 0 Å². The number of nitrogens with zero attached hydrogens (tertiary/aromatic N) is 1. The summed E-state index contributed by atoms with van der Waals surface area (Å²) in [5.41, 5.74) is 1.88. The van der Waals surface area contributed by atoms with Crippen LogP contribution in [0.2, 0.25) is 10.0 Å². The highest BCUT2D eigenvalue weighted by molar-refractivity contribution is 6.42. The second kappa shape index (κ2) is 5.39. The lowest BCUT2D eigenvalue weighted by Gasteiger charge is -2.05. The molecule has 0 radical (unpaired) electrons. The highest BCUT2D eigenvalue weighted by Gasteiger charge is 2.06. The van der Waals surface area contributed by atoms with E-state index in [1.54, 1.807) is 30.3 Å². The Labute approximate surface area is 114 Å². The van der Waals surface area contributed by atoms with Crippen molar-refractivity contribution >= 4 is 23.2 Å². The minimum Gasteiger partial charge on any atom is -0.207 e. The summed E-state index contributed by atoms with van der Waals surface area (Å²) >= 11 is 11.7. The molecule has 0 aliphatic rings. The van der Waals surface area contributed by atoms with Crippen molar-refractivity contribution in [2.75, 3.05) is 0 Å². The van der Waals surface area contributed by atoms with Crippen LogP contribution in [-0.2, 0) is 6.42 Å². The van der Waals surface area contributed by atoms with Crippen LogP contribution in [0, 0.1) is 17.1 Å². The van der Waals surface area contributed by atoms with Crippen LogP contribution in [0.3, 0.4) is 0 Å². The molecule has 0 saturated carbocycles. The quantitative estimate of drug-likeness (QED) is 0.770. The second-order valence-electron chi connectivity index (χ2n) is 3.77. The molecular formula is C14H8Cl2FN. The normalized spacial score (nSPS) is 10.1. The first-order valence-corrected chi connectivity index (χ1v) is 5.98. The van der Waals surface area contributed by atoms with E-state index in [-0.39, 0.29) is 12.2 Å². The van der Waals surface area contributed by atoms with E-state index in [4.69, 9.17) is 28.5 Å². The second-order valence-corrected chi connectivity index (χ2v) is 4.58. The first kappa shape index (κ1) is 12.9. The molecule has 1 nitrogen and oxygen atoms in total. The van der Waals surface area contributed by atoms with Crippen LogP contribution in [-0.4, -0.2) is 0 Å². The predicted molar refractivity (Wildman–Crippen MR) is 71.2 cm³/mol. The van der Waals surface area contributed by atoms with E-state index < -0.39 is 0 Å². The van der Waals surface area contributed by atoms with Crippen LogP contribution in [0.1, 0.15) is 5.56 Å². The molecule has 0 spiro atoms. The molecule has 0 unspecified atom stereocenters. The van der Waals surface area contributed by atoms with Gasteiger partial charge in [-0.05, 0) is 29.3 Å². The summed E-state index contributed by atoms with van der Waals surface area (Å²) in [5.74, 6) is -0.389. The Balaban J connectivity index is 2.43. The Bertz CT molecular complexity index is 632. The van der Waals surface area contributed by atoms with E-state index in [1.165, 1.54) is 6.07 Å². The monoisotopic (exact) mass is 279 g/mol. The van der Waals surface area contributed by atoms with E-state index in [9.17, 15) is 4.39 Å². The number of benzene rings is 2. The molecule has 0 heterocycles. The molecule has 0 aliphatic heterocycles. The van der Waals surface area contributed by atoms with Crippen molar-refractivity contribution in [2.45, 2.75) is 6.42 Å². The van der Waals surface area contributed by atoms with E-state index in [2.05, 4.69) is 0 Å². The van der Waals surface area contributed by atoms with Crippen molar-refractivity contribution in [3.63, 3.8) is 0 Å². The van der Waals surface area contributed by atoms with E-state index in [0.717, 1.165) is 5.56 Å². The van der Waals surface area contributed by atoms with Crippen LogP contribution in [0.5, 0.6) is 0 Å². The molecule has 0 bridgehead atoms. The molecule has 2 rings (SSSR count). The fraction of sp³-hybridized carbons (Fsp3) is 0.0714. The lowest BCUT2D eigenvalue weighted by Crippen LogP contribution is -1.89. The number of rotatable bonds is 2. The Morgan fingerprint density at radius 3 is 2.28 bits per heavy atom. The predicted octanol–water partition coefficient (Wildman–Crippen LogP) is 4.87. The molecule has 0 aromatic heterocycles. The molecule has 90 valence electrons. The summed E-state index contributed by atoms with van der Waals surface area (Å²) in [5, 5.41) is 9.44. The summed E-state index contributed by atoms with van der Waals surface area (Å²) < 4.78 is 13.7. The lowest BCUT2D eigenvalue weighted by molar-refractivity contribution is 0.616. The molecule has 0 atom stereocenters. The topological polar surface area (TPSA) is 23.8 Å². The molecule has 2 aromatic carbocycles. The lowest BCUT2D eigenvalue weighted by atomic mass is 10.0. The van der Waals surface area contributed by atoms with Crippen LogP contribution >= 0.6 is 23.2 Å². The third kappa shape index (κ3) is 2.64. The zero-order valence-electron chi connectivity index (χ0n) is 9.25. The number of halogens is 3. The Kier molecular flexibility index (Phi) is 3.86. The Hall–Kier alpha value is -1.56. The fourth-order valence-electron chi connectivity index (χ4n) is 1.63. The van der Waals surface area contributed by atoms with Crippen molar-refractivity contribution in [1.29, 1.82) is 5.26 Å². The van der Waals surface area contributed by atoms with Gasteiger partial charge in [0.05, 0.1) is 22.5 Å². The molecule has 0 fully saturated rings. The van der Waals surface area contributed by atoms with E-state index in [1.807, 2.05) is 6.07 Å². The summed E-state index contributed by atoms with van der Waals surface area (Å²) in [6.07, 6.45) is 0.0630. The minimum absolute atomic E-state index is 0.0630. The molecule has 18 heavy (non-hydrogen) atoms. The number of hydrogen-bond donors (Lipinski definition) is 0. The van der Waals surface area contributed by atoms with Crippen LogP contribution in [0.4, 0.5) is 4.39 Å². The molecule has 0 N–H and O–H groups in total. The van der Waals surface area contributed by atoms with Gasteiger partial charge < -0.3 is 0 Å². The highest BCUT2D eigenvalue weighted by Crippen LogP contribution is 2.29. The van der Waals surface area contributed by atoms with Gasteiger partial charge in [0.25, 0.3) is 0 Å². The smallest absolute Gasteiger partial charge is 0.128 e. The van der Waals surface area contributed by atoms with E-state index in [0.29, 0.717) is 21.2 Å². The maximum absolute atomic E-state index is 13.7. The third-order valence-corrected chi connectivity index (χ3v) is 3.31. The zero-order chi connectivity index (χ0) is 13.1. The van der Waals surface area contributed by atoms with Crippen LogP contribution < -0.4 is 0 Å². The van der Waals surface area contributed by atoms with Gasteiger partial charge in [-0.1, -0.05) is 41.4 Å². The number of hydrogen-bond acceptors (Lipinski definition) is 1. The molecule has 0 saturated heterocycles. The summed E-state index contributed by atoms with van der Waals surface area (Å²) in [6.45, 7) is 0. The summed E-state index contributed by atoms with van der Waals surface area (Å²) in [4.78, 5) is 0. The van der Waals surface area contributed by atoms with Gasteiger partial charge in [0.15, 0.2) is 0 Å². The zero-order valence-corrected chi connectivity index (χ0v) is 10.8. The first-order valence-electron chi connectivity index (χ1n) is 5.22. The largest absolute Gasteiger partial charge is 0.207 e. The van der Waals surface area contributed by atoms with Gasteiger partial charge in [-0.2, -0.15) is 5.26 Å². The Morgan fingerprint density at radius 2 is 1.67 bits per heavy atom. The minimum atomic E-state index is -0.389. The van der Waals surface area contributed by atoms with Crippen molar-refractivity contribution in [1.82, 2.24) is 0 Å². The van der Waals surface area contributed by atoms with Crippen LogP contribution in [0.15, 0.2) is 36.4 Å². The average molecular weight is 280 g/mol. The van der Waals surface area contributed by atoms with Gasteiger partial charge in [-0.15, -0.1) is 0 Å². The van der Waals surface area contributed by atoms with Crippen molar-refractivity contribution < 1.29 is 4.39 Å². The molecule has 2 aromatic rings. The fourth-order valence-corrected chi connectivity index (χ4v) is 1.93. The maximum atomic E-state index is 13.7. The maximum Gasteiger partial charge on any atom is 0.128 e.